The van der Waals surface area contributed by atoms with Crippen LogP contribution in [0.2, 0.25) is 0 Å². The van der Waals surface area contributed by atoms with E-state index in [0.717, 1.165) is 34.9 Å². The first-order valence-corrected chi connectivity index (χ1v) is 9.42. The van der Waals surface area contributed by atoms with Gasteiger partial charge < -0.3 is 15.4 Å². The number of carbonyl (C=O) groups excluding carboxylic acids is 1. The fourth-order valence-corrected chi connectivity index (χ4v) is 3.46. The second-order valence-electron chi connectivity index (χ2n) is 6.12. The second kappa shape index (κ2) is 8.51. The molecule has 2 N–H and O–H groups in total. The van der Waals surface area contributed by atoms with Crippen molar-refractivity contribution < 1.29 is 13.9 Å². The number of halogens is 2. The minimum absolute atomic E-state index is 0.113. The summed E-state index contributed by atoms with van der Waals surface area (Å²) in [6, 6.07) is 13.7. The molecule has 0 aromatic heterocycles. The van der Waals surface area contributed by atoms with Gasteiger partial charge in [0, 0.05) is 9.61 Å². The molecule has 2 aromatic carbocycles. The van der Waals surface area contributed by atoms with Gasteiger partial charge in [0.25, 0.3) is 0 Å². The van der Waals surface area contributed by atoms with Crippen LogP contribution in [0.15, 0.2) is 48.5 Å². The van der Waals surface area contributed by atoms with Crippen LogP contribution in [-0.2, 0) is 0 Å². The fraction of sp³-hybridized carbons (Fsp3) is 0.316. The average Bonchev–Trinajstić information content (AvgIpc) is 2.61. The van der Waals surface area contributed by atoms with Gasteiger partial charge in [-0.15, -0.1) is 0 Å². The van der Waals surface area contributed by atoms with E-state index in [-0.39, 0.29) is 24.0 Å². The van der Waals surface area contributed by atoms with E-state index in [0.29, 0.717) is 5.75 Å². The highest BCUT2D eigenvalue weighted by atomic mass is 127. The fourth-order valence-electron chi connectivity index (χ4n) is 2.94. The van der Waals surface area contributed by atoms with E-state index in [4.69, 9.17) is 4.74 Å². The molecule has 0 unspecified atom stereocenters. The molecule has 1 aliphatic carbocycles. The van der Waals surface area contributed by atoms with Gasteiger partial charge >= 0.3 is 6.03 Å². The topological polar surface area (TPSA) is 50.4 Å². The minimum Gasteiger partial charge on any atom is -0.490 e. The van der Waals surface area contributed by atoms with Crippen LogP contribution in [0.3, 0.4) is 0 Å². The zero-order chi connectivity index (χ0) is 17.6. The number of urea groups is 1. The van der Waals surface area contributed by atoms with Crippen LogP contribution in [0.4, 0.5) is 14.9 Å². The Labute approximate surface area is 160 Å². The Kier molecular flexibility index (Phi) is 6.12. The summed E-state index contributed by atoms with van der Waals surface area (Å²) in [5, 5.41) is 5.92. The van der Waals surface area contributed by atoms with Crippen LogP contribution in [0.1, 0.15) is 25.7 Å². The van der Waals surface area contributed by atoms with Gasteiger partial charge in [-0.1, -0.05) is 12.1 Å². The molecule has 4 nitrogen and oxygen atoms in total. The van der Waals surface area contributed by atoms with Crippen LogP contribution in [0.25, 0.3) is 0 Å². The first-order chi connectivity index (χ1) is 12.1. The molecule has 0 bridgehead atoms. The molecular formula is C19H20FIN2O2. The van der Waals surface area contributed by atoms with Gasteiger partial charge in [-0.25, -0.2) is 9.18 Å². The maximum atomic E-state index is 12.9. The van der Waals surface area contributed by atoms with Crippen LogP contribution in [0.5, 0.6) is 5.75 Å². The summed E-state index contributed by atoms with van der Waals surface area (Å²) in [7, 11) is 0. The molecule has 0 saturated heterocycles. The monoisotopic (exact) mass is 454 g/mol. The van der Waals surface area contributed by atoms with Gasteiger partial charge in [0.15, 0.2) is 0 Å². The van der Waals surface area contributed by atoms with Crippen molar-refractivity contribution in [3.63, 3.8) is 0 Å². The van der Waals surface area contributed by atoms with Gasteiger partial charge in [0.05, 0.1) is 11.8 Å². The normalized spacial score (nSPS) is 19.9. The molecule has 25 heavy (non-hydrogen) atoms. The first-order valence-electron chi connectivity index (χ1n) is 8.34. The maximum absolute atomic E-state index is 12.9. The second-order valence-corrected chi connectivity index (χ2v) is 7.29. The molecule has 6 heteroatoms. The molecule has 0 heterocycles. The average molecular weight is 454 g/mol. The van der Waals surface area contributed by atoms with E-state index in [1.807, 2.05) is 24.3 Å². The zero-order valence-electron chi connectivity index (χ0n) is 13.7. The van der Waals surface area contributed by atoms with Crippen molar-refractivity contribution in [3.05, 3.63) is 57.9 Å². The lowest BCUT2D eigenvalue weighted by atomic mass is 9.93. The smallest absolute Gasteiger partial charge is 0.319 e. The third-order valence-electron chi connectivity index (χ3n) is 4.25. The Balaban J connectivity index is 1.43. The van der Waals surface area contributed by atoms with E-state index < -0.39 is 0 Å². The van der Waals surface area contributed by atoms with E-state index in [9.17, 15) is 9.18 Å². The molecule has 1 aliphatic rings. The summed E-state index contributed by atoms with van der Waals surface area (Å²) in [6.07, 6.45) is 3.58. The Bertz CT molecular complexity index is 716. The lowest BCUT2D eigenvalue weighted by Crippen LogP contribution is -2.41. The Hall–Kier alpha value is -1.83. The number of benzene rings is 2. The number of para-hydroxylation sites is 1. The summed E-state index contributed by atoms with van der Waals surface area (Å²) in [5.74, 6) is 0.425. The predicted molar refractivity (Wildman–Crippen MR) is 104 cm³/mol. The standard InChI is InChI=1S/C19H20FIN2O2/c20-13-5-9-15(10-6-13)25-16-11-7-14(8-12-16)22-19(24)23-18-4-2-1-3-17(18)21/h1-6,9-10,14,16H,7-8,11-12H2,(H2,22,23,24). The third-order valence-corrected chi connectivity index (χ3v) is 5.19. The molecule has 0 spiro atoms. The molecule has 0 atom stereocenters. The number of anilines is 1. The van der Waals surface area contributed by atoms with E-state index >= 15 is 0 Å². The van der Waals surface area contributed by atoms with Crippen molar-refractivity contribution in [2.75, 3.05) is 5.32 Å². The number of hydrogen-bond donors (Lipinski definition) is 2. The van der Waals surface area contributed by atoms with E-state index in [1.54, 1.807) is 12.1 Å². The number of amides is 2. The third kappa shape index (κ3) is 5.32. The number of hydrogen-bond acceptors (Lipinski definition) is 2. The molecule has 0 aliphatic heterocycles. The van der Waals surface area contributed by atoms with Gasteiger partial charge in [0.2, 0.25) is 0 Å². The quantitative estimate of drug-likeness (QED) is 0.643. The Morgan fingerprint density at radius 1 is 1.04 bits per heavy atom. The molecule has 0 radical (unpaired) electrons. The van der Waals surface area contributed by atoms with Crippen molar-refractivity contribution in [1.29, 1.82) is 0 Å². The lowest BCUT2D eigenvalue weighted by Gasteiger charge is -2.29. The number of rotatable bonds is 4. The molecule has 2 aromatic rings. The van der Waals surface area contributed by atoms with Crippen LogP contribution < -0.4 is 15.4 Å². The van der Waals surface area contributed by atoms with Crippen molar-refractivity contribution in [1.82, 2.24) is 5.32 Å². The van der Waals surface area contributed by atoms with Gasteiger partial charge in [-0.2, -0.15) is 0 Å². The van der Waals surface area contributed by atoms with E-state index in [1.165, 1.54) is 12.1 Å². The zero-order valence-corrected chi connectivity index (χ0v) is 15.8. The highest BCUT2D eigenvalue weighted by Crippen LogP contribution is 2.24. The van der Waals surface area contributed by atoms with Crippen LogP contribution in [-0.4, -0.2) is 18.2 Å². The molecule has 132 valence electrons. The maximum Gasteiger partial charge on any atom is 0.319 e. The van der Waals surface area contributed by atoms with Gasteiger partial charge in [0.1, 0.15) is 11.6 Å². The summed E-state index contributed by atoms with van der Waals surface area (Å²) in [4.78, 5) is 12.1. The molecule has 3 rings (SSSR count). The van der Waals surface area contributed by atoms with Crippen molar-refractivity contribution in [3.8, 4) is 5.75 Å². The highest BCUT2D eigenvalue weighted by molar-refractivity contribution is 14.1. The summed E-state index contributed by atoms with van der Waals surface area (Å²) in [5.41, 5.74) is 0.814. The predicted octanol–water partition coefficient (Wildman–Crippen LogP) is 4.94. The molecule has 2 amide bonds. The van der Waals surface area contributed by atoms with Crippen molar-refractivity contribution in [2.45, 2.75) is 37.8 Å². The van der Waals surface area contributed by atoms with Crippen molar-refractivity contribution in [2.24, 2.45) is 0 Å². The van der Waals surface area contributed by atoms with Gasteiger partial charge in [-0.05, 0) is 84.7 Å². The summed E-state index contributed by atoms with van der Waals surface area (Å²) >= 11 is 2.20. The van der Waals surface area contributed by atoms with E-state index in [2.05, 4.69) is 33.2 Å². The number of ether oxygens (including phenoxy) is 1. The van der Waals surface area contributed by atoms with Crippen LogP contribution in [0, 0.1) is 9.39 Å². The van der Waals surface area contributed by atoms with Gasteiger partial charge in [-0.3, -0.25) is 0 Å². The first kappa shape index (κ1) is 18.0. The summed E-state index contributed by atoms with van der Waals surface area (Å²) in [6.45, 7) is 0. The number of nitrogens with one attached hydrogen (secondary N) is 2. The molecular weight excluding hydrogens is 434 g/mol. The minimum atomic E-state index is -0.264. The molecule has 1 fully saturated rings. The highest BCUT2D eigenvalue weighted by Gasteiger charge is 2.23. The Morgan fingerprint density at radius 3 is 2.40 bits per heavy atom. The SMILES string of the molecule is O=C(Nc1ccccc1I)NC1CCC(Oc2ccc(F)cc2)CC1. The Morgan fingerprint density at radius 2 is 1.72 bits per heavy atom. The lowest BCUT2D eigenvalue weighted by molar-refractivity contribution is 0.141. The van der Waals surface area contributed by atoms with Crippen molar-refractivity contribution >= 4 is 34.3 Å². The summed E-state index contributed by atoms with van der Waals surface area (Å²) < 4.78 is 19.8. The largest absolute Gasteiger partial charge is 0.490 e. The number of carbonyl (C=O) groups is 1. The molecule has 1 saturated carbocycles. The van der Waals surface area contributed by atoms with Crippen LogP contribution >= 0.6 is 22.6 Å².